The summed E-state index contributed by atoms with van der Waals surface area (Å²) in [4.78, 5) is 31.3. The fourth-order valence-electron chi connectivity index (χ4n) is 3.41. The highest BCUT2D eigenvalue weighted by molar-refractivity contribution is 5.80. The van der Waals surface area contributed by atoms with Crippen LogP contribution in [0, 0.1) is 24.6 Å². The number of nitrogens with zero attached hydrogens (tertiary/aromatic N) is 3. The van der Waals surface area contributed by atoms with Gasteiger partial charge in [-0.15, -0.1) is 0 Å². The molecule has 1 aromatic rings. The molecule has 1 fully saturated rings. The number of hydrazine groups is 1. The molecule has 0 bridgehead atoms. The van der Waals surface area contributed by atoms with Gasteiger partial charge < -0.3 is 5.32 Å². The Kier molecular flexibility index (Phi) is 8.37. The summed E-state index contributed by atoms with van der Waals surface area (Å²) in [6, 6.07) is 0. The summed E-state index contributed by atoms with van der Waals surface area (Å²) in [5.41, 5.74) is 4.97. The minimum atomic E-state index is -0.691. The van der Waals surface area contributed by atoms with Gasteiger partial charge in [-0.25, -0.2) is 15.0 Å². The highest BCUT2D eigenvalue weighted by atomic mass is 19.1. The van der Waals surface area contributed by atoms with Crippen LogP contribution in [0.4, 0.5) is 16.0 Å². The fourth-order valence-corrected chi connectivity index (χ4v) is 3.41. The molecule has 4 N–H and O–H groups in total. The van der Waals surface area contributed by atoms with E-state index in [-0.39, 0.29) is 24.6 Å². The molecule has 9 nitrogen and oxygen atoms in total. The average molecular weight is 396 g/mol. The molecular formula is C18H29FN6O3. The molecule has 0 radical (unpaired) electrons. The summed E-state index contributed by atoms with van der Waals surface area (Å²) in [5, 5.41) is 12.9. The van der Waals surface area contributed by atoms with E-state index < -0.39 is 17.6 Å². The van der Waals surface area contributed by atoms with Crippen LogP contribution in [0.15, 0.2) is 0 Å². The second-order valence-electron chi connectivity index (χ2n) is 7.13. The van der Waals surface area contributed by atoms with Gasteiger partial charge in [-0.05, 0) is 25.7 Å². The van der Waals surface area contributed by atoms with E-state index in [0.29, 0.717) is 29.8 Å². The Bertz CT molecular complexity index is 669. The molecule has 1 aromatic heterocycles. The molecule has 1 saturated carbocycles. The number of aryl methyl sites for hydroxylation is 1. The largest absolute Gasteiger partial charge is 0.367 e. The first-order valence-corrected chi connectivity index (χ1v) is 9.69. The van der Waals surface area contributed by atoms with Gasteiger partial charge in [-0.1, -0.05) is 32.6 Å². The van der Waals surface area contributed by atoms with Crippen molar-refractivity contribution in [3.05, 3.63) is 11.6 Å². The Hall–Kier alpha value is -2.49. The van der Waals surface area contributed by atoms with Crippen LogP contribution in [0.1, 0.15) is 51.3 Å². The lowest BCUT2D eigenvalue weighted by Gasteiger charge is -2.22. The molecule has 1 atom stereocenters. The quantitative estimate of drug-likeness (QED) is 0.257. The predicted octanol–water partition coefficient (Wildman–Crippen LogP) is 2.23. The number of hydrogen-bond acceptors (Lipinski definition) is 7. The van der Waals surface area contributed by atoms with Gasteiger partial charge in [0.15, 0.2) is 11.6 Å². The number of hydrogen-bond donors (Lipinski definition) is 4. The van der Waals surface area contributed by atoms with Crippen LogP contribution >= 0.6 is 0 Å². The molecule has 0 unspecified atom stereocenters. The van der Waals surface area contributed by atoms with Crippen molar-refractivity contribution in [3.63, 3.8) is 0 Å². The first-order valence-electron chi connectivity index (χ1n) is 9.69. The monoisotopic (exact) mass is 396 g/mol. The SMILES string of the molecule is CCCNc1nc(C)nc(NNC(=O)[C@H](CC2CCCC2)CN(O)C=O)c1F. The highest BCUT2D eigenvalue weighted by Crippen LogP contribution is 2.30. The summed E-state index contributed by atoms with van der Waals surface area (Å²) in [5.74, 6) is -1.10. The molecule has 1 aliphatic rings. The summed E-state index contributed by atoms with van der Waals surface area (Å²) >= 11 is 0. The average Bonchev–Trinajstić information content (AvgIpc) is 3.19. The topological polar surface area (TPSA) is 119 Å². The van der Waals surface area contributed by atoms with Gasteiger partial charge in [-0.3, -0.25) is 25.6 Å². The van der Waals surface area contributed by atoms with Gasteiger partial charge in [0.1, 0.15) is 5.82 Å². The molecule has 28 heavy (non-hydrogen) atoms. The number of hydroxylamine groups is 2. The third-order valence-electron chi connectivity index (χ3n) is 4.80. The molecule has 0 aliphatic heterocycles. The maximum absolute atomic E-state index is 14.5. The smallest absolute Gasteiger partial charge is 0.243 e. The standard InChI is InChI=1S/C18H29FN6O3/c1-3-8-20-16-15(19)17(22-12(2)21-16)23-24-18(27)14(10-25(28)11-26)9-13-6-4-5-7-13/h11,13-14,28H,3-10H2,1-2H3,(H,24,27)(H2,20,21,22,23)/t14-/m1/s1. The van der Waals surface area contributed by atoms with Crippen LogP contribution in [0.3, 0.4) is 0 Å². The number of nitrogens with one attached hydrogen (secondary N) is 3. The Morgan fingerprint density at radius 3 is 2.68 bits per heavy atom. The third-order valence-corrected chi connectivity index (χ3v) is 4.80. The Morgan fingerprint density at radius 1 is 1.36 bits per heavy atom. The molecule has 2 amide bonds. The lowest BCUT2D eigenvalue weighted by molar-refractivity contribution is -0.154. The molecule has 1 heterocycles. The second-order valence-corrected chi connectivity index (χ2v) is 7.13. The Balaban J connectivity index is 2.04. The van der Waals surface area contributed by atoms with Crippen molar-refractivity contribution in [1.29, 1.82) is 0 Å². The zero-order chi connectivity index (χ0) is 20.5. The van der Waals surface area contributed by atoms with Crippen LogP contribution < -0.4 is 16.2 Å². The van der Waals surface area contributed by atoms with E-state index in [1.165, 1.54) is 0 Å². The molecule has 10 heteroatoms. The van der Waals surface area contributed by atoms with Crippen molar-refractivity contribution in [1.82, 2.24) is 20.5 Å². The molecule has 0 aromatic carbocycles. The van der Waals surface area contributed by atoms with Crippen molar-refractivity contribution in [2.45, 2.75) is 52.4 Å². The van der Waals surface area contributed by atoms with E-state index in [9.17, 15) is 19.2 Å². The molecule has 0 spiro atoms. The number of carbonyl (C=O) groups excluding carboxylic acids is 2. The number of amides is 2. The summed E-state index contributed by atoms with van der Waals surface area (Å²) in [6.07, 6.45) is 5.90. The maximum atomic E-state index is 14.5. The first-order chi connectivity index (χ1) is 13.4. The normalized spacial score (nSPS) is 15.1. The first kappa shape index (κ1) is 21.8. The van der Waals surface area contributed by atoms with Crippen molar-refractivity contribution >= 4 is 24.0 Å². The fraction of sp³-hybridized carbons (Fsp3) is 0.667. The van der Waals surface area contributed by atoms with Crippen molar-refractivity contribution < 1.29 is 19.2 Å². The van der Waals surface area contributed by atoms with Gasteiger partial charge in [0.2, 0.25) is 18.1 Å². The van der Waals surface area contributed by atoms with Gasteiger partial charge in [0.25, 0.3) is 0 Å². The molecule has 156 valence electrons. The predicted molar refractivity (Wildman–Crippen MR) is 102 cm³/mol. The van der Waals surface area contributed by atoms with Gasteiger partial charge >= 0.3 is 0 Å². The second kappa shape index (κ2) is 10.7. The minimum Gasteiger partial charge on any atom is -0.367 e. The van der Waals surface area contributed by atoms with Gasteiger partial charge in [0.05, 0.1) is 12.5 Å². The van der Waals surface area contributed by atoms with E-state index in [1.807, 2.05) is 6.92 Å². The van der Waals surface area contributed by atoms with E-state index >= 15 is 0 Å². The number of rotatable bonds is 11. The van der Waals surface area contributed by atoms with Crippen molar-refractivity contribution in [2.75, 3.05) is 23.8 Å². The number of halogens is 1. The van der Waals surface area contributed by atoms with E-state index in [1.54, 1.807) is 6.92 Å². The summed E-state index contributed by atoms with van der Waals surface area (Å²) in [6.45, 7) is 4.01. The number of anilines is 2. The lowest BCUT2D eigenvalue weighted by atomic mass is 9.92. The molecule has 2 rings (SSSR count). The van der Waals surface area contributed by atoms with Crippen LogP contribution in [-0.4, -0.2) is 45.6 Å². The molecule has 1 aliphatic carbocycles. The van der Waals surface area contributed by atoms with E-state index in [2.05, 4.69) is 26.1 Å². The van der Waals surface area contributed by atoms with E-state index in [0.717, 1.165) is 32.1 Å². The molecule has 0 saturated heterocycles. The summed E-state index contributed by atoms with van der Waals surface area (Å²) in [7, 11) is 0. The zero-order valence-electron chi connectivity index (χ0n) is 16.4. The van der Waals surface area contributed by atoms with Crippen LogP contribution in [0.2, 0.25) is 0 Å². The van der Waals surface area contributed by atoms with Gasteiger partial charge in [0, 0.05) is 6.54 Å². The Labute approximate surface area is 164 Å². The van der Waals surface area contributed by atoms with Gasteiger partial charge in [-0.2, -0.15) is 4.39 Å². The van der Waals surface area contributed by atoms with Crippen molar-refractivity contribution in [3.8, 4) is 0 Å². The highest BCUT2D eigenvalue weighted by Gasteiger charge is 2.27. The lowest BCUT2D eigenvalue weighted by Crippen LogP contribution is -2.41. The number of aromatic nitrogens is 2. The van der Waals surface area contributed by atoms with Crippen LogP contribution in [-0.2, 0) is 9.59 Å². The maximum Gasteiger partial charge on any atom is 0.243 e. The summed E-state index contributed by atoms with van der Waals surface area (Å²) < 4.78 is 14.5. The van der Waals surface area contributed by atoms with E-state index in [4.69, 9.17) is 0 Å². The van der Waals surface area contributed by atoms with Crippen LogP contribution in [0.5, 0.6) is 0 Å². The van der Waals surface area contributed by atoms with Crippen molar-refractivity contribution in [2.24, 2.45) is 11.8 Å². The Morgan fingerprint density at radius 2 is 2.04 bits per heavy atom. The van der Waals surface area contributed by atoms with Crippen LogP contribution in [0.25, 0.3) is 0 Å². The minimum absolute atomic E-state index is 0.0658. The number of carbonyl (C=O) groups is 2. The molecular weight excluding hydrogens is 367 g/mol. The zero-order valence-corrected chi connectivity index (χ0v) is 16.4. The third kappa shape index (κ3) is 6.29.